The number of carbonyl (C=O) groups excluding carboxylic acids is 1. The van der Waals surface area contributed by atoms with Crippen molar-refractivity contribution in [2.45, 2.75) is 32.9 Å². The van der Waals surface area contributed by atoms with Crippen LogP contribution in [0.3, 0.4) is 0 Å². The van der Waals surface area contributed by atoms with Gasteiger partial charge in [0.15, 0.2) is 0 Å². The minimum Gasteiger partial charge on any atom is -0.376 e. The summed E-state index contributed by atoms with van der Waals surface area (Å²) in [4.78, 5) is 12.1. The summed E-state index contributed by atoms with van der Waals surface area (Å²) in [6.45, 7) is 3.82. The van der Waals surface area contributed by atoms with Gasteiger partial charge in [-0.25, -0.2) is 0 Å². The molecule has 0 spiro atoms. The molecule has 22 heavy (non-hydrogen) atoms. The first-order valence-corrected chi connectivity index (χ1v) is 7.57. The Morgan fingerprint density at radius 3 is 3.14 bits per heavy atom. The van der Waals surface area contributed by atoms with E-state index in [2.05, 4.69) is 10.4 Å². The highest BCUT2D eigenvalue weighted by Crippen LogP contribution is 2.19. The Balaban J connectivity index is 1.62. The van der Waals surface area contributed by atoms with Crippen LogP contribution in [0.4, 0.5) is 0 Å². The fraction of sp³-hybridized carbons (Fsp3) is 0.412. The number of nitrogens with zero attached hydrogens (tertiary/aromatic N) is 2. The van der Waals surface area contributed by atoms with Crippen molar-refractivity contribution < 1.29 is 9.53 Å². The zero-order valence-corrected chi connectivity index (χ0v) is 13.1. The topological polar surface area (TPSA) is 56.2 Å². The van der Waals surface area contributed by atoms with Crippen LogP contribution in [-0.4, -0.2) is 22.3 Å². The number of hydrogen-bond acceptors (Lipinski definition) is 3. The molecular formula is C17H21N3O2. The number of amides is 1. The molecule has 0 radical (unpaired) electrons. The van der Waals surface area contributed by atoms with Gasteiger partial charge in [0.05, 0.1) is 31.9 Å². The van der Waals surface area contributed by atoms with Gasteiger partial charge in [-0.15, -0.1) is 0 Å². The van der Waals surface area contributed by atoms with Gasteiger partial charge in [-0.3, -0.25) is 9.48 Å². The lowest BCUT2D eigenvalue weighted by molar-refractivity contribution is -0.120. The Hall–Kier alpha value is -2.14. The molecule has 0 saturated carbocycles. The summed E-state index contributed by atoms with van der Waals surface area (Å²) in [5.74, 6) is 0.0155. The molecule has 2 aromatic rings. The molecule has 1 aliphatic heterocycles. The van der Waals surface area contributed by atoms with Gasteiger partial charge in [-0.2, -0.15) is 5.10 Å². The molecule has 0 aliphatic carbocycles. The maximum atomic E-state index is 12.1. The van der Waals surface area contributed by atoms with Gasteiger partial charge in [0.25, 0.3) is 0 Å². The number of carbonyl (C=O) groups is 1. The first-order chi connectivity index (χ1) is 10.6. The summed E-state index contributed by atoms with van der Waals surface area (Å²) in [6, 6.07) is 8.02. The van der Waals surface area contributed by atoms with Gasteiger partial charge in [-0.1, -0.05) is 29.8 Å². The second-order valence-corrected chi connectivity index (χ2v) is 5.74. The molecule has 1 aromatic heterocycles. The van der Waals surface area contributed by atoms with E-state index in [1.54, 1.807) is 0 Å². The highest BCUT2D eigenvalue weighted by atomic mass is 16.5. The Morgan fingerprint density at radius 1 is 1.45 bits per heavy atom. The van der Waals surface area contributed by atoms with Crippen molar-refractivity contribution in [1.29, 1.82) is 0 Å². The number of hydrogen-bond donors (Lipinski definition) is 1. The first kappa shape index (κ1) is 14.8. The first-order valence-electron chi connectivity index (χ1n) is 7.57. The minimum atomic E-state index is 0.0155. The number of aryl methyl sites for hydroxylation is 2. The van der Waals surface area contributed by atoms with Gasteiger partial charge in [0, 0.05) is 24.7 Å². The predicted molar refractivity (Wildman–Crippen MR) is 83.3 cm³/mol. The number of rotatable bonds is 4. The van der Waals surface area contributed by atoms with Crippen LogP contribution in [0.2, 0.25) is 0 Å². The van der Waals surface area contributed by atoms with E-state index in [-0.39, 0.29) is 5.91 Å². The van der Waals surface area contributed by atoms with Crippen LogP contribution in [-0.2, 0) is 42.6 Å². The standard InChI is InChI=1S/C17H21N3O2/c1-12-4-3-5-13(8-12)9-17(21)18-10-15-14-11-22-7-6-16(14)20(2)19-15/h3-5,8H,6-7,9-11H2,1-2H3,(H,18,21). The summed E-state index contributed by atoms with van der Waals surface area (Å²) in [6.07, 6.45) is 1.28. The van der Waals surface area contributed by atoms with E-state index in [1.807, 2.05) is 42.9 Å². The molecule has 0 bridgehead atoms. The van der Waals surface area contributed by atoms with E-state index in [0.717, 1.165) is 29.8 Å². The van der Waals surface area contributed by atoms with Crippen molar-refractivity contribution in [3.8, 4) is 0 Å². The van der Waals surface area contributed by atoms with E-state index in [0.29, 0.717) is 19.6 Å². The molecule has 1 aromatic carbocycles. The van der Waals surface area contributed by atoms with Gasteiger partial charge in [0.2, 0.25) is 5.91 Å². The van der Waals surface area contributed by atoms with Gasteiger partial charge in [0.1, 0.15) is 0 Å². The van der Waals surface area contributed by atoms with Crippen molar-refractivity contribution in [2.75, 3.05) is 6.61 Å². The van der Waals surface area contributed by atoms with Crippen molar-refractivity contribution >= 4 is 5.91 Å². The quantitative estimate of drug-likeness (QED) is 0.934. The van der Waals surface area contributed by atoms with Crippen molar-refractivity contribution in [3.05, 3.63) is 52.3 Å². The Bertz CT molecular complexity index is 691. The van der Waals surface area contributed by atoms with Crippen molar-refractivity contribution in [2.24, 2.45) is 7.05 Å². The maximum Gasteiger partial charge on any atom is 0.224 e. The molecular weight excluding hydrogens is 278 g/mol. The summed E-state index contributed by atoms with van der Waals surface area (Å²) in [5.41, 5.74) is 5.46. The number of fused-ring (bicyclic) bond motifs is 1. The minimum absolute atomic E-state index is 0.0155. The summed E-state index contributed by atoms with van der Waals surface area (Å²) < 4.78 is 7.40. The van der Waals surface area contributed by atoms with Crippen molar-refractivity contribution in [3.63, 3.8) is 0 Å². The van der Waals surface area contributed by atoms with E-state index in [9.17, 15) is 4.79 Å². The van der Waals surface area contributed by atoms with Gasteiger partial charge >= 0.3 is 0 Å². The average Bonchev–Trinajstić information content (AvgIpc) is 2.82. The third kappa shape index (κ3) is 3.20. The highest BCUT2D eigenvalue weighted by molar-refractivity contribution is 5.78. The molecule has 5 nitrogen and oxygen atoms in total. The van der Waals surface area contributed by atoms with Crippen LogP contribution >= 0.6 is 0 Å². The summed E-state index contributed by atoms with van der Waals surface area (Å²) in [5, 5.41) is 7.47. The third-order valence-corrected chi connectivity index (χ3v) is 3.99. The van der Waals surface area contributed by atoms with Crippen LogP contribution in [0.25, 0.3) is 0 Å². The average molecular weight is 299 g/mol. The van der Waals surface area contributed by atoms with Crippen LogP contribution in [0.5, 0.6) is 0 Å². The Labute approximate surface area is 130 Å². The fourth-order valence-electron chi connectivity index (χ4n) is 2.88. The second kappa shape index (κ2) is 6.32. The molecule has 5 heteroatoms. The van der Waals surface area contributed by atoms with Crippen LogP contribution in [0.1, 0.15) is 28.1 Å². The lowest BCUT2D eigenvalue weighted by Crippen LogP contribution is -2.25. The van der Waals surface area contributed by atoms with E-state index >= 15 is 0 Å². The van der Waals surface area contributed by atoms with Crippen LogP contribution < -0.4 is 5.32 Å². The number of ether oxygens (including phenoxy) is 1. The zero-order valence-electron chi connectivity index (χ0n) is 13.1. The Morgan fingerprint density at radius 2 is 2.32 bits per heavy atom. The van der Waals surface area contributed by atoms with Gasteiger partial charge in [-0.05, 0) is 12.5 Å². The number of nitrogens with one attached hydrogen (secondary N) is 1. The summed E-state index contributed by atoms with van der Waals surface area (Å²) in [7, 11) is 1.95. The maximum absolute atomic E-state index is 12.1. The molecule has 0 atom stereocenters. The fourth-order valence-corrected chi connectivity index (χ4v) is 2.88. The second-order valence-electron chi connectivity index (χ2n) is 5.74. The molecule has 1 amide bonds. The molecule has 1 N–H and O–H groups in total. The highest BCUT2D eigenvalue weighted by Gasteiger charge is 2.19. The lowest BCUT2D eigenvalue weighted by Gasteiger charge is -2.13. The number of benzene rings is 1. The van der Waals surface area contributed by atoms with Crippen LogP contribution in [0, 0.1) is 6.92 Å². The Kier molecular flexibility index (Phi) is 4.24. The SMILES string of the molecule is Cc1cccc(CC(=O)NCc2nn(C)c3c2COCC3)c1. The monoisotopic (exact) mass is 299 g/mol. The van der Waals surface area contributed by atoms with E-state index in [4.69, 9.17) is 4.74 Å². The zero-order chi connectivity index (χ0) is 15.5. The molecule has 0 saturated heterocycles. The summed E-state index contributed by atoms with van der Waals surface area (Å²) >= 11 is 0. The molecule has 0 unspecified atom stereocenters. The third-order valence-electron chi connectivity index (χ3n) is 3.99. The van der Waals surface area contributed by atoms with Crippen LogP contribution in [0.15, 0.2) is 24.3 Å². The van der Waals surface area contributed by atoms with Gasteiger partial charge < -0.3 is 10.1 Å². The lowest BCUT2D eigenvalue weighted by atomic mass is 10.1. The largest absolute Gasteiger partial charge is 0.376 e. The molecule has 2 heterocycles. The van der Waals surface area contributed by atoms with Crippen molar-refractivity contribution in [1.82, 2.24) is 15.1 Å². The van der Waals surface area contributed by atoms with E-state index in [1.165, 1.54) is 11.3 Å². The number of aromatic nitrogens is 2. The predicted octanol–water partition coefficient (Wildman–Crippen LogP) is 1.66. The van der Waals surface area contributed by atoms with E-state index < -0.39 is 0 Å². The molecule has 3 rings (SSSR count). The molecule has 0 fully saturated rings. The molecule has 116 valence electrons. The smallest absolute Gasteiger partial charge is 0.224 e. The molecule has 1 aliphatic rings. The normalized spacial score (nSPS) is 13.7.